The summed E-state index contributed by atoms with van der Waals surface area (Å²) in [5, 5.41) is 7.82. The maximum atomic E-state index is 11.8. The van der Waals surface area contributed by atoms with Crippen molar-refractivity contribution in [2.24, 2.45) is 7.05 Å². The van der Waals surface area contributed by atoms with Gasteiger partial charge in [0.1, 0.15) is 6.54 Å². The molecule has 7 heteroatoms. The molecule has 0 amide bonds. The first kappa shape index (κ1) is 24.5. The lowest BCUT2D eigenvalue weighted by molar-refractivity contribution is -0.142. The number of rotatable bonds is 1. The van der Waals surface area contributed by atoms with Crippen molar-refractivity contribution in [1.29, 1.82) is 0 Å². The van der Waals surface area contributed by atoms with E-state index in [0.717, 1.165) is 15.9 Å². The van der Waals surface area contributed by atoms with Crippen LogP contribution >= 0.6 is 0 Å². The number of alkyl halides is 3. The first-order valence-corrected chi connectivity index (χ1v) is 8.12. The molecule has 2 heterocycles. The zero-order valence-corrected chi connectivity index (χ0v) is 16.3. The topological polar surface area (TPSA) is 35.6 Å². The lowest BCUT2D eigenvalue weighted by Gasteiger charge is -2.04. The molecule has 0 aliphatic heterocycles. The van der Waals surface area contributed by atoms with Crippen LogP contribution in [0.4, 0.5) is 13.2 Å². The second-order valence-corrected chi connectivity index (χ2v) is 4.78. The van der Waals surface area contributed by atoms with Gasteiger partial charge >= 0.3 is 6.18 Å². The van der Waals surface area contributed by atoms with Gasteiger partial charge < -0.3 is 0 Å². The van der Waals surface area contributed by atoms with Crippen LogP contribution in [0.2, 0.25) is 0 Å². The van der Waals surface area contributed by atoms with Crippen LogP contribution in [0.3, 0.4) is 0 Å². The van der Waals surface area contributed by atoms with E-state index in [0.29, 0.717) is 5.69 Å². The molecule has 140 valence electrons. The van der Waals surface area contributed by atoms with Crippen LogP contribution in [0.1, 0.15) is 50.2 Å². The van der Waals surface area contributed by atoms with Crippen LogP contribution in [0.15, 0.2) is 12.4 Å². The van der Waals surface area contributed by atoms with E-state index in [2.05, 4.69) is 17.1 Å². The molecule has 4 nitrogen and oxygen atoms in total. The van der Waals surface area contributed by atoms with E-state index in [1.807, 2.05) is 52.5 Å². The van der Waals surface area contributed by atoms with Gasteiger partial charge in [0.25, 0.3) is 0 Å². The van der Waals surface area contributed by atoms with Gasteiger partial charge in [-0.1, -0.05) is 27.7 Å². The number of hydrogen-bond donors (Lipinski definition) is 0. The molecule has 2 aromatic rings. The van der Waals surface area contributed by atoms with Gasteiger partial charge in [0.2, 0.25) is 0 Å². The van der Waals surface area contributed by atoms with Crippen LogP contribution in [0.5, 0.6) is 0 Å². The fourth-order valence-corrected chi connectivity index (χ4v) is 1.60. The van der Waals surface area contributed by atoms with E-state index < -0.39 is 12.7 Å². The molecule has 0 spiro atoms. The Balaban J connectivity index is 0. The van der Waals surface area contributed by atoms with Crippen molar-refractivity contribution in [3.63, 3.8) is 0 Å². The molecule has 0 fully saturated rings. The van der Waals surface area contributed by atoms with Crippen molar-refractivity contribution in [1.82, 2.24) is 19.6 Å². The minimum absolute atomic E-state index is 0.638. The van der Waals surface area contributed by atoms with Gasteiger partial charge in [0.05, 0.1) is 11.4 Å². The first-order chi connectivity index (χ1) is 11.1. The number of nitrogens with zero attached hydrogens (tertiary/aromatic N) is 4. The van der Waals surface area contributed by atoms with Gasteiger partial charge in [0, 0.05) is 19.4 Å². The van der Waals surface area contributed by atoms with Gasteiger partial charge in [-0.05, 0) is 38.8 Å². The highest BCUT2D eigenvalue weighted by Crippen LogP contribution is 2.17. The normalized spacial score (nSPS) is 9.83. The summed E-state index contributed by atoms with van der Waals surface area (Å²) in [5.41, 5.74) is 3.79. The third kappa shape index (κ3) is 10.1. The van der Waals surface area contributed by atoms with Crippen LogP contribution < -0.4 is 0 Å². The zero-order chi connectivity index (χ0) is 19.5. The maximum Gasteiger partial charge on any atom is 0.408 e. The van der Waals surface area contributed by atoms with Gasteiger partial charge in [-0.25, -0.2) is 0 Å². The molecule has 0 saturated carbocycles. The quantitative estimate of drug-likeness (QED) is 0.714. The lowest BCUT2D eigenvalue weighted by Crippen LogP contribution is -2.17. The van der Waals surface area contributed by atoms with Crippen LogP contribution in [-0.4, -0.2) is 25.7 Å². The average Bonchev–Trinajstić information content (AvgIpc) is 2.94. The molecule has 2 rings (SSSR count). The lowest BCUT2D eigenvalue weighted by atomic mass is 10.3. The average molecular weight is 348 g/mol. The minimum atomic E-state index is -4.19. The summed E-state index contributed by atoms with van der Waals surface area (Å²) >= 11 is 0. The Morgan fingerprint density at radius 1 is 0.833 bits per heavy atom. The van der Waals surface area contributed by atoms with Crippen molar-refractivity contribution in [2.75, 3.05) is 0 Å². The predicted molar refractivity (Wildman–Crippen MR) is 93.1 cm³/mol. The molecule has 0 N–H and O–H groups in total. The summed E-state index contributed by atoms with van der Waals surface area (Å²) in [6.07, 6.45) is -0.789. The number of hydrogen-bond acceptors (Lipinski definition) is 2. The van der Waals surface area contributed by atoms with Crippen LogP contribution in [0.25, 0.3) is 0 Å². The molecular weight excluding hydrogens is 317 g/mol. The number of halogens is 3. The fraction of sp³-hybridized carbons (Fsp3) is 0.647. The van der Waals surface area contributed by atoms with Gasteiger partial charge in [-0.3, -0.25) is 9.36 Å². The Morgan fingerprint density at radius 3 is 1.46 bits per heavy atom. The van der Waals surface area contributed by atoms with E-state index in [-0.39, 0.29) is 0 Å². The first-order valence-electron chi connectivity index (χ1n) is 8.12. The largest absolute Gasteiger partial charge is 0.408 e. The van der Waals surface area contributed by atoms with E-state index in [4.69, 9.17) is 0 Å². The monoisotopic (exact) mass is 348 g/mol. The van der Waals surface area contributed by atoms with E-state index in [1.165, 1.54) is 11.8 Å². The molecule has 0 aliphatic rings. The summed E-state index contributed by atoms with van der Waals surface area (Å²) in [6.45, 7) is 14.5. The molecule has 0 aromatic carbocycles. The highest BCUT2D eigenvalue weighted by molar-refractivity contribution is 5.12. The SMILES string of the molecule is CC.CC.Cc1cn(C)nc1C.Cc1cn(CC(F)(F)F)nc1C. The van der Waals surface area contributed by atoms with E-state index in [1.54, 1.807) is 13.8 Å². The second kappa shape index (κ2) is 11.7. The molecule has 24 heavy (non-hydrogen) atoms. The van der Waals surface area contributed by atoms with Crippen molar-refractivity contribution in [2.45, 2.75) is 68.1 Å². The Hall–Kier alpha value is -1.79. The zero-order valence-electron chi connectivity index (χ0n) is 16.3. The molecule has 0 bridgehead atoms. The van der Waals surface area contributed by atoms with Crippen LogP contribution in [-0.2, 0) is 13.6 Å². The third-order valence-electron chi connectivity index (χ3n) is 2.79. The number of aromatic nitrogens is 4. The Morgan fingerprint density at radius 2 is 1.25 bits per heavy atom. The highest BCUT2D eigenvalue weighted by atomic mass is 19.4. The van der Waals surface area contributed by atoms with Crippen molar-refractivity contribution >= 4 is 0 Å². The minimum Gasteiger partial charge on any atom is -0.275 e. The van der Waals surface area contributed by atoms with Crippen LogP contribution in [0, 0.1) is 27.7 Å². The van der Waals surface area contributed by atoms with E-state index >= 15 is 0 Å². The highest BCUT2D eigenvalue weighted by Gasteiger charge is 2.28. The standard InChI is InChI=1S/C7H9F3N2.C6H10N2.2C2H6/c1-5-3-12(11-6(5)2)4-7(8,9)10;1-5-4-8(3)7-6(5)2;2*1-2/h3H,4H2,1-2H3;4H,1-3H3;2*1-2H3. The summed E-state index contributed by atoms with van der Waals surface area (Å²) in [6, 6.07) is 0. The molecule has 2 aromatic heterocycles. The Labute approximate surface area is 143 Å². The molecular formula is C17H31F3N4. The second-order valence-electron chi connectivity index (χ2n) is 4.78. The molecule has 0 radical (unpaired) electrons. The van der Waals surface area contributed by atoms with Gasteiger partial charge in [-0.2, -0.15) is 23.4 Å². The molecule has 0 atom stereocenters. The number of aryl methyl sites for hydroxylation is 5. The van der Waals surface area contributed by atoms with Crippen molar-refractivity contribution in [3.8, 4) is 0 Å². The van der Waals surface area contributed by atoms with Crippen molar-refractivity contribution in [3.05, 3.63) is 34.9 Å². The Bertz CT molecular complexity index is 530. The fourth-order valence-electron chi connectivity index (χ4n) is 1.60. The third-order valence-corrected chi connectivity index (χ3v) is 2.79. The summed E-state index contributed by atoms with van der Waals surface area (Å²) in [4.78, 5) is 0. The smallest absolute Gasteiger partial charge is 0.275 e. The van der Waals surface area contributed by atoms with Gasteiger partial charge in [0.15, 0.2) is 0 Å². The summed E-state index contributed by atoms with van der Waals surface area (Å²) in [7, 11) is 1.93. The molecule has 0 saturated heterocycles. The maximum absolute atomic E-state index is 11.8. The summed E-state index contributed by atoms with van der Waals surface area (Å²) < 4.78 is 38.2. The van der Waals surface area contributed by atoms with E-state index in [9.17, 15) is 13.2 Å². The molecule has 0 aliphatic carbocycles. The Kier molecular flexibility index (Phi) is 11.9. The molecule has 0 unspecified atom stereocenters. The summed E-state index contributed by atoms with van der Waals surface area (Å²) in [5.74, 6) is 0. The van der Waals surface area contributed by atoms with Gasteiger partial charge in [-0.15, -0.1) is 0 Å². The predicted octanol–water partition coefficient (Wildman–Crippen LogP) is 5.15. The van der Waals surface area contributed by atoms with Crippen molar-refractivity contribution < 1.29 is 13.2 Å².